The summed E-state index contributed by atoms with van der Waals surface area (Å²) >= 11 is 6.27. The Labute approximate surface area is 324 Å². The van der Waals surface area contributed by atoms with E-state index in [9.17, 15) is 14.4 Å². The monoisotopic (exact) mass is 763 g/mol. The average Bonchev–Trinajstić information content (AvgIpc) is 3.20. The van der Waals surface area contributed by atoms with E-state index >= 15 is 0 Å². The number of nitrogens with one attached hydrogen (secondary N) is 1. The van der Waals surface area contributed by atoms with Gasteiger partial charge in [0, 0.05) is 56.3 Å². The van der Waals surface area contributed by atoms with Gasteiger partial charge in [-0.25, -0.2) is 5.01 Å². The highest BCUT2D eigenvalue weighted by Crippen LogP contribution is 2.39. The lowest BCUT2D eigenvalue weighted by molar-refractivity contribution is -0.145. The largest absolute Gasteiger partial charge is 0.493 e. The van der Waals surface area contributed by atoms with Gasteiger partial charge in [0.15, 0.2) is 11.5 Å². The van der Waals surface area contributed by atoms with Crippen LogP contribution in [-0.4, -0.2) is 131 Å². The van der Waals surface area contributed by atoms with Crippen LogP contribution in [0.5, 0.6) is 17.2 Å². The number of ether oxygens (including phenoxy) is 4. The molecule has 0 spiro atoms. The van der Waals surface area contributed by atoms with Crippen molar-refractivity contribution in [3.63, 3.8) is 0 Å². The van der Waals surface area contributed by atoms with Crippen LogP contribution in [0.15, 0.2) is 66.7 Å². The summed E-state index contributed by atoms with van der Waals surface area (Å²) in [4.78, 5) is 46.2. The Morgan fingerprint density at radius 2 is 1.48 bits per heavy atom. The minimum Gasteiger partial charge on any atom is -0.493 e. The number of amides is 2. The van der Waals surface area contributed by atoms with Gasteiger partial charge in [-0.3, -0.25) is 24.7 Å². The van der Waals surface area contributed by atoms with E-state index < -0.39 is 5.41 Å². The first-order valence-electron chi connectivity index (χ1n) is 18.6. The SMILES string of the molecule is CCOC(=O)CN1CCN(NC(=O)C2(c3ccccc3)CCN(CCC(CN(C)C(=O)c3cc(OC)c(OC)c(OC)c3)c3ccc(Cl)cc3)CC2)CC1. The number of likely N-dealkylation sites (N-methyl/N-ethyl adjacent to an activating group) is 1. The standard InChI is InChI=1S/C41H54ClN5O7/c1-6-54-37(48)29-46-22-24-47(25-23-46)43-40(50)41(33-10-8-7-9-11-33)17-20-45(21-18-41)19-16-31(30-12-14-34(42)15-13-30)28-44(2)39(49)32-26-35(51-3)38(53-5)36(27-32)52-4/h7-15,26-27,31H,6,16-25,28-29H2,1-5H3,(H,43,50). The molecule has 2 saturated heterocycles. The summed E-state index contributed by atoms with van der Waals surface area (Å²) in [5.41, 5.74) is 5.14. The zero-order chi connectivity index (χ0) is 38.7. The van der Waals surface area contributed by atoms with E-state index in [4.69, 9.17) is 30.5 Å². The van der Waals surface area contributed by atoms with Gasteiger partial charge in [-0.1, -0.05) is 54.1 Å². The van der Waals surface area contributed by atoms with Gasteiger partial charge in [-0.15, -0.1) is 0 Å². The lowest BCUT2D eigenvalue weighted by atomic mass is 9.72. The molecule has 1 N–H and O–H groups in total. The number of hydrogen-bond donors (Lipinski definition) is 1. The van der Waals surface area contributed by atoms with Gasteiger partial charge in [0.25, 0.3) is 5.91 Å². The summed E-state index contributed by atoms with van der Waals surface area (Å²) in [5.74, 6) is 0.927. The van der Waals surface area contributed by atoms with Crippen LogP contribution in [0.2, 0.25) is 5.02 Å². The number of carbonyl (C=O) groups is 3. The Kier molecular flexibility index (Phi) is 14.6. The van der Waals surface area contributed by atoms with Crippen LogP contribution in [0.3, 0.4) is 0 Å². The number of piperidine rings is 1. The zero-order valence-electron chi connectivity index (χ0n) is 32.1. The smallest absolute Gasteiger partial charge is 0.320 e. The Hall–Kier alpha value is -4.36. The van der Waals surface area contributed by atoms with Crippen LogP contribution in [0.1, 0.15) is 53.6 Å². The van der Waals surface area contributed by atoms with E-state index in [2.05, 4.69) is 27.4 Å². The van der Waals surface area contributed by atoms with E-state index in [-0.39, 0.29) is 30.2 Å². The van der Waals surface area contributed by atoms with Crippen molar-refractivity contribution in [2.75, 3.05) is 93.9 Å². The second-order valence-corrected chi connectivity index (χ2v) is 14.4. The molecule has 3 aromatic carbocycles. The third kappa shape index (κ3) is 10.0. The molecular weight excluding hydrogens is 710 g/mol. The zero-order valence-corrected chi connectivity index (χ0v) is 32.9. The van der Waals surface area contributed by atoms with E-state index in [1.165, 1.54) is 21.3 Å². The molecule has 1 unspecified atom stereocenters. The molecular formula is C41H54ClN5O7. The number of hydrogen-bond acceptors (Lipinski definition) is 10. The predicted octanol–water partition coefficient (Wildman–Crippen LogP) is 4.86. The van der Waals surface area contributed by atoms with Crippen molar-refractivity contribution in [2.24, 2.45) is 0 Å². The topological polar surface area (TPSA) is 113 Å². The van der Waals surface area contributed by atoms with Crippen LogP contribution in [-0.2, 0) is 19.7 Å². The number of esters is 1. The first kappa shape index (κ1) is 40.8. The molecule has 2 amide bonds. The van der Waals surface area contributed by atoms with Crippen LogP contribution in [0.4, 0.5) is 0 Å². The molecule has 2 heterocycles. The van der Waals surface area contributed by atoms with Crippen LogP contribution >= 0.6 is 11.6 Å². The van der Waals surface area contributed by atoms with Crippen molar-refractivity contribution in [3.8, 4) is 17.2 Å². The average molecular weight is 764 g/mol. The molecule has 2 fully saturated rings. The van der Waals surface area contributed by atoms with Crippen LogP contribution in [0, 0.1) is 0 Å². The Balaban J connectivity index is 1.24. The molecule has 2 aliphatic rings. The molecule has 0 aliphatic carbocycles. The maximum absolute atomic E-state index is 14.2. The number of nitrogens with zero attached hydrogens (tertiary/aromatic N) is 4. The number of hydrazine groups is 1. The summed E-state index contributed by atoms with van der Waals surface area (Å²) in [6.45, 7) is 7.82. The number of benzene rings is 3. The molecule has 1 atom stereocenters. The van der Waals surface area contributed by atoms with Gasteiger partial charge in [-0.05, 0) is 81.2 Å². The summed E-state index contributed by atoms with van der Waals surface area (Å²) in [7, 11) is 6.40. The number of methoxy groups -OCH3 is 3. The summed E-state index contributed by atoms with van der Waals surface area (Å²) in [6.07, 6.45) is 2.16. The molecule has 0 saturated carbocycles. The van der Waals surface area contributed by atoms with E-state index in [1.807, 2.05) is 54.5 Å². The molecule has 2 aliphatic heterocycles. The van der Waals surface area contributed by atoms with Crippen LogP contribution < -0.4 is 19.6 Å². The Morgan fingerprint density at radius 3 is 2.06 bits per heavy atom. The van der Waals surface area contributed by atoms with Crippen molar-refractivity contribution >= 4 is 29.4 Å². The van der Waals surface area contributed by atoms with Crippen molar-refractivity contribution in [3.05, 3.63) is 88.4 Å². The van der Waals surface area contributed by atoms with Crippen molar-refractivity contribution in [1.82, 2.24) is 25.1 Å². The predicted molar refractivity (Wildman–Crippen MR) is 208 cm³/mol. The van der Waals surface area contributed by atoms with Gasteiger partial charge in [0.1, 0.15) is 0 Å². The molecule has 5 rings (SSSR count). The summed E-state index contributed by atoms with van der Waals surface area (Å²) in [5, 5.41) is 2.64. The van der Waals surface area contributed by atoms with E-state index in [0.717, 1.165) is 37.2 Å². The van der Waals surface area contributed by atoms with Crippen molar-refractivity contribution in [1.29, 1.82) is 0 Å². The van der Waals surface area contributed by atoms with E-state index in [0.29, 0.717) is 80.0 Å². The summed E-state index contributed by atoms with van der Waals surface area (Å²) in [6, 6.07) is 21.3. The van der Waals surface area contributed by atoms with Crippen molar-refractivity contribution < 1.29 is 33.3 Å². The normalized spacial score (nSPS) is 16.9. The molecule has 13 heteroatoms. The molecule has 3 aromatic rings. The molecule has 12 nitrogen and oxygen atoms in total. The number of carbonyl (C=O) groups excluding carboxylic acids is 3. The summed E-state index contributed by atoms with van der Waals surface area (Å²) < 4.78 is 21.6. The third-order valence-corrected chi connectivity index (χ3v) is 10.9. The third-order valence-electron chi connectivity index (χ3n) is 10.6. The van der Waals surface area contributed by atoms with Gasteiger partial charge < -0.3 is 28.7 Å². The number of halogens is 1. The minimum atomic E-state index is -0.664. The fraction of sp³-hybridized carbons (Fsp3) is 0.488. The molecule has 54 heavy (non-hydrogen) atoms. The highest BCUT2D eigenvalue weighted by molar-refractivity contribution is 6.30. The number of rotatable bonds is 16. The first-order valence-corrected chi connectivity index (χ1v) is 19.0. The molecule has 292 valence electrons. The van der Waals surface area contributed by atoms with Gasteiger partial charge in [0.05, 0.1) is 39.9 Å². The second-order valence-electron chi connectivity index (χ2n) is 13.9. The highest BCUT2D eigenvalue weighted by atomic mass is 35.5. The lowest BCUT2D eigenvalue weighted by Gasteiger charge is -2.43. The lowest BCUT2D eigenvalue weighted by Crippen LogP contribution is -2.59. The quantitative estimate of drug-likeness (QED) is 0.203. The molecule has 0 bridgehead atoms. The molecule has 0 radical (unpaired) electrons. The van der Waals surface area contributed by atoms with Crippen LogP contribution in [0.25, 0.3) is 0 Å². The van der Waals surface area contributed by atoms with Crippen molar-refractivity contribution in [2.45, 2.75) is 37.5 Å². The Morgan fingerprint density at radius 1 is 0.852 bits per heavy atom. The fourth-order valence-corrected chi connectivity index (χ4v) is 7.62. The number of likely N-dealkylation sites (tertiary alicyclic amines) is 1. The van der Waals surface area contributed by atoms with Gasteiger partial charge >= 0.3 is 5.97 Å². The fourth-order valence-electron chi connectivity index (χ4n) is 7.50. The van der Waals surface area contributed by atoms with Gasteiger partial charge in [0.2, 0.25) is 11.7 Å². The maximum Gasteiger partial charge on any atom is 0.320 e. The number of piperazine rings is 1. The Bertz CT molecular complexity index is 1670. The highest BCUT2D eigenvalue weighted by Gasteiger charge is 2.43. The first-order chi connectivity index (χ1) is 26.1. The minimum absolute atomic E-state index is 0.0122. The van der Waals surface area contributed by atoms with Gasteiger partial charge in [-0.2, -0.15) is 0 Å². The second kappa shape index (κ2) is 19.3. The molecule has 0 aromatic heterocycles. The van der Waals surface area contributed by atoms with E-state index in [1.54, 1.807) is 24.0 Å². The maximum atomic E-state index is 14.2.